The topological polar surface area (TPSA) is 64.3 Å². The predicted octanol–water partition coefficient (Wildman–Crippen LogP) is 2.98. The van der Waals surface area contributed by atoms with Crippen molar-refractivity contribution in [2.24, 2.45) is 11.7 Å². The molecule has 5 heteroatoms. The summed E-state index contributed by atoms with van der Waals surface area (Å²) in [6.07, 6.45) is 1.25. The molecule has 0 saturated carbocycles. The molecule has 1 unspecified atom stereocenters. The molecule has 0 aliphatic heterocycles. The van der Waals surface area contributed by atoms with Gasteiger partial charge in [-0.2, -0.15) is 0 Å². The minimum atomic E-state index is -0.00419. The van der Waals surface area contributed by atoms with Crippen molar-refractivity contribution in [3.8, 4) is 5.75 Å². The Kier molecular flexibility index (Phi) is 9.86. The van der Waals surface area contributed by atoms with Crippen molar-refractivity contribution in [2.75, 3.05) is 13.2 Å². The number of rotatable bonds is 8. The van der Waals surface area contributed by atoms with E-state index in [2.05, 4.69) is 25.2 Å². The standard InChI is InChI=1S/C17H28N2O2.ClH/c1-12(2)7-15(11-18)19-17(20)5-6-21-16-9-13(3)8-14(4)10-16;/h8-10,12,15H,5-7,11,18H2,1-4H3,(H,19,20);1H. The summed E-state index contributed by atoms with van der Waals surface area (Å²) in [6.45, 7) is 9.17. The molecule has 0 fully saturated rings. The van der Waals surface area contributed by atoms with E-state index in [-0.39, 0.29) is 24.4 Å². The number of carbonyl (C=O) groups excluding carboxylic acids is 1. The van der Waals surface area contributed by atoms with Crippen LogP contribution < -0.4 is 15.8 Å². The number of halogens is 1. The quantitative estimate of drug-likeness (QED) is 0.771. The van der Waals surface area contributed by atoms with E-state index in [0.717, 1.165) is 23.3 Å². The van der Waals surface area contributed by atoms with Crippen molar-refractivity contribution in [1.82, 2.24) is 5.32 Å². The highest BCUT2D eigenvalue weighted by molar-refractivity contribution is 5.85. The largest absolute Gasteiger partial charge is 0.493 e. The molecule has 1 rings (SSSR count). The predicted molar refractivity (Wildman–Crippen MR) is 93.7 cm³/mol. The van der Waals surface area contributed by atoms with Crippen molar-refractivity contribution in [3.63, 3.8) is 0 Å². The summed E-state index contributed by atoms with van der Waals surface area (Å²) in [6, 6.07) is 6.11. The Morgan fingerprint density at radius 1 is 1.23 bits per heavy atom. The zero-order valence-corrected chi connectivity index (χ0v) is 14.8. The zero-order valence-electron chi connectivity index (χ0n) is 14.0. The van der Waals surface area contributed by atoms with E-state index in [1.54, 1.807) is 0 Å². The number of hydrogen-bond donors (Lipinski definition) is 2. The molecule has 3 N–H and O–H groups in total. The molecule has 0 spiro atoms. The first kappa shape index (κ1) is 20.7. The van der Waals surface area contributed by atoms with Crippen LogP contribution in [0, 0.1) is 19.8 Å². The number of nitrogens with two attached hydrogens (primary N) is 1. The maximum Gasteiger partial charge on any atom is 0.223 e. The number of carbonyl (C=O) groups is 1. The number of nitrogens with one attached hydrogen (secondary N) is 1. The van der Waals surface area contributed by atoms with E-state index in [0.29, 0.717) is 25.5 Å². The highest BCUT2D eigenvalue weighted by Crippen LogP contribution is 2.16. The first-order valence-electron chi connectivity index (χ1n) is 7.61. The average Bonchev–Trinajstić information content (AvgIpc) is 2.36. The first-order chi connectivity index (χ1) is 9.90. The Bertz CT molecular complexity index is 444. The molecule has 22 heavy (non-hydrogen) atoms. The Morgan fingerprint density at radius 2 is 1.82 bits per heavy atom. The second kappa shape index (κ2) is 10.5. The van der Waals surface area contributed by atoms with E-state index >= 15 is 0 Å². The van der Waals surface area contributed by atoms with Gasteiger partial charge in [0.15, 0.2) is 0 Å². The fourth-order valence-corrected chi connectivity index (χ4v) is 2.36. The van der Waals surface area contributed by atoms with Gasteiger partial charge in [-0.3, -0.25) is 4.79 Å². The third kappa shape index (κ3) is 8.25. The van der Waals surface area contributed by atoms with Gasteiger partial charge in [-0.15, -0.1) is 12.4 Å². The summed E-state index contributed by atoms with van der Waals surface area (Å²) in [5.74, 6) is 1.33. The lowest BCUT2D eigenvalue weighted by Crippen LogP contribution is -2.41. The van der Waals surface area contributed by atoms with Crippen LogP contribution in [0.4, 0.5) is 0 Å². The van der Waals surface area contributed by atoms with Gasteiger partial charge in [0.05, 0.1) is 13.0 Å². The van der Waals surface area contributed by atoms with E-state index in [1.807, 2.05) is 26.0 Å². The van der Waals surface area contributed by atoms with Crippen molar-refractivity contribution >= 4 is 18.3 Å². The van der Waals surface area contributed by atoms with Crippen LogP contribution in [0.5, 0.6) is 5.75 Å². The molecule has 0 aliphatic rings. The van der Waals surface area contributed by atoms with Crippen LogP contribution in [0.3, 0.4) is 0 Å². The third-order valence-electron chi connectivity index (χ3n) is 3.20. The third-order valence-corrected chi connectivity index (χ3v) is 3.20. The van der Waals surface area contributed by atoms with Crippen LogP contribution in [0.25, 0.3) is 0 Å². The summed E-state index contributed by atoms with van der Waals surface area (Å²) < 4.78 is 5.64. The number of benzene rings is 1. The van der Waals surface area contributed by atoms with Gasteiger partial charge in [-0.1, -0.05) is 19.9 Å². The van der Waals surface area contributed by atoms with Crippen LogP contribution in [-0.2, 0) is 4.79 Å². The van der Waals surface area contributed by atoms with E-state index in [9.17, 15) is 4.79 Å². The summed E-state index contributed by atoms with van der Waals surface area (Å²) >= 11 is 0. The molecule has 126 valence electrons. The molecular formula is C17H29ClN2O2. The minimum Gasteiger partial charge on any atom is -0.493 e. The lowest BCUT2D eigenvalue weighted by atomic mass is 10.0. The summed E-state index contributed by atoms with van der Waals surface area (Å²) in [4.78, 5) is 11.9. The van der Waals surface area contributed by atoms with Crippen molar-refractivity contribution < 1.29 is 9.53 Å². The minimum absolute atomic E-state index is 0. The first-order valence-corrected chi connectivity index (χ1v) is 7.61. The van der Waals surface area contributed by atoms with Crippen LogP contribution in [-0.4, -0.2) is 25.1 Å². The van der Waals surface area contributed by atoms with Crippen LogP contribution in [0.2, 0.25) is 0 Å². The monoisotopic (exact) mass is 328 g/mol. The van der Waals surface area contributed by atoms with Gasteiger partial charge in [0.1, 0.15) is 5.75 Å². The maximum absolute atomic E-state index is 11.9. The Labute approximate surface area is 140 Å². The number of aryl methyl sites for hydroxylation is 2. The number of amides is 1. The van der Waals surface area contributed by atoms with Crippen LogP contribution in [0.15, 0.2) is 18.2 Å². The summed E-state index contributed by atoms with van der Waals surface area (Å²) in [7, 11) is 0. The summed E-state index contributed by atoms with van der Waals surface area (Å²) in [5.41, 5.74) is 8.00. The molecule has 1 atom stereocenters. The van der Waals surface area contributed by atoms with Gasteiger partial charge >= 0.3 is 0 Å². The molecule has 1 aromatic rings. The highest BCUT2D eigenvalue weighted by atomic mass is 35.5. The fourth-order valence-electron chi connectivity index (χ4n) is 2.36. The van der Waals surface area contributed by atoms with Gasteiger partial charge in [0.2, 0.25) is 5.91 Å². The molecular weight excluding hydrogens is 300 g/mol. The molecule has 0 radical (unpaired) electrons. The van der Waals surface area contributed by atoms with E-state index in [1.165, 1.54) is 0 Å². The van der Waals surface area contributed by atoms with Crippen LogP contribution in [0.1, 0.15) is 37.8 Å². The molecule has 0 heterocycles. The van der Waals surface area contributed by atoms with E-state index < -0.39 is 0 Å². The molecule has 1 amide bonds. The molecule has 0 aliphatic carbocycles. The average molecular weight is 329 g/mol. The van der Waals surface area contributed by atoms with E-state index in [4.69, 9.17) is 10.5 Å². The second-order valence-electron chi connectivity index (χ2n) is 6.05. The summed E-state index contributed by atoms with van der Waals surface area (Å²) in [5, 5.41) is 2.96. The fraction of sp³-hybridized carbons (Fsp3) is 0.588. The van der Waals surface area contributed by atoms with Crippen molar-refractivity contribution in [2.45, 2.75) is 46.6 Å². The van der Waals surface area contributed by atoms with Gasteiger partial charge in [-0.05, 0) is 49.4 Å². The number of hydrogen-bond acceptors (Lipinski definition) is 3. The van der Waals surface area contributed by atoms with Crippen molar-refractivity contribution in [3.05, 3.63) is 29.3 Å². The van der Waals surface area contributed by atoms with Gasteiger partial charge in [-0.25, -0.2) is 0 Å². The Hall–Kier alpha value is -1.26. The molecule has 4 nitrogen and oxygen atoms in total. The molecule has 0 aromatic heterocycles. The zero-order chi connectivity index (χ0) is 15.8. The van der Waals surface area contributed by atoms with Gasteiger partial charge in [0, 0.05) is 12.6 Å². The van der Waals surface area contributed by atoms with Gasteiger partial charge < -0.3 is 15.8 Å². The normalized spacial score (nSPS) is 11.7. The maximum atomic E-state index is 11.9. The molecule has 1 aromatic carbocycles. The second-order valence-corrected chi connectivity index (χ2v) is 6.05. The Morgan fingerprint density at radius 3 is 2.32 bits per heavy atom. The molecule has 0 bridgehead atoms. The highest BCUT2D eigenvalue weighted by Gasteiger charge is 2.12. The number of ether oxygens (including phenoxy) is 1. The smallest absolute Gasteiger partial charge is 0.223 e. The Balaban J connectivity index is 0.00000441. The SMILES string of the molecule is Cc1cc(C)cc(OCCC(=O)NC(CN)CC(C)C)c1.Cl. The lowest BCUT2D eigenvalue weighted by molar-refractivity contribution is -0.122. The molecule has 0 saturated heterocycles. The van der Waals surface area contributed by atoms with Crippen molar-refractivity contribution in [1.29, 1.82) is 0 Å². The van der Waals surface area contributed by atoms with Gasteiger partial charge in [0.25, 0.3) is 0 Å². The lowest BCUT2D eigenvalue weighted by Gasteiger charge is -2.18. The van der Waals surface area contributed by atoms with Crippen LogP contribution >= 0.6 is 12.4 Å².